The first-order valence-corrected chi connectivity index (χ1v) is 12.4. The molecule has 2 aromatic carbocycles. The molecule has 4 aromatic rings. The number of alkyl carbamates (subject to hydrolysis) is 1. The van der Waals surface area contributed by atoms with Gasteiger partial charge in [-0.25, -0.2) is 4.79 Å². The lowest BCUT2D eigenvalue weighted by Crippen LogP contribution is -2.47. The van der Waals surface area contributed by atoms with Gasteiger partial charge in [-0.15, -0.1) is 0 Å². The van der Waals surface area contributed by atoms with Crippen molar-refractivity contribution >= 4 is 39.5 Å². The zero-order valence-corrected chi connectivity index (χ0v) is 22.0. The molecule has 7 nitrogen and oxygen atoms in total. The summed E-state index contributed by atoms with van der Waals surface area (Å²) in [4.78, 5) is 26.3. The molecule has 0 aliphatic heterocycles. The molecule has 0 spiro atoms. The van der Waals surface area contributed by atoms with Crippen molar-refractivity contribution in [3.8, 4) is 0 Å². The summed E-state index contributed by atoms with van der Waals surface area (Å²) in [6.07, 6.45) is 3.77. The number of anilines is 1. The third kappa shape index (κ3) is 5.73. The maximum absolute atomic E-state index is 13.6. The first kappa shape index (κ1) is 25.4. The van der Waals surface area contributed by atoms with Crippen molar-refractivity contribution in [2.45, 2.75) is 59.2 Å². The quantitative estimate of drug-likeness (QED) is 0.342. The van der Waals surface area contributed by atoms with E-state index in [0.29, 0.717) is 18.0 Å². The van der Waals surface area contributed by atoms with E-state index in [9.17, 15) is 9.59 Å². The highest BCUT2D eigenvalue weighted by Gasteiger charge is 2.26. The van der Waals surface area contributed by atoms with Crippen molar-refractivity contribution < 1.29 is 14.3 Å². The molecule has 2 heterocycles. The number of nitrogens with zero attached hydrogens (tertiary/aromatic N) is 2. The van der Waals surface area contributed by atoms with Gasteiger partial charge in [-0.05, 0) is 56.5 Å². The van der Waals surface area contributed by atoms with E-state index in [1.165, 1.54) is 0 Å². The number of aromatic nitrogens is 2. The molecule has 36 heavy (non-hydrogen) atoms. The summed E-state index contributed by atoms with van der Waals surface area (Å²) >= 11 is 0. The SMILES string of the molecule is CC(C)Cn1ccc2c(NC(=O)[C@H](Cc3cn(C)c4ccccc34)NC(=O)OC(C)(C)C)cccc21. The highest BCUT2D eigenvalue weighted by molar-refractivity contribution is 6.04. The zero-order chi connectivity index (χ0) is 26.0. The standard InChI is InChI=1S/C29H36N4O3/c1-19(2)17-33-15-14-22-23(11-9-13-26(22)33)30-27(34)24(31-28(35)36-29(3,4)5)16-20-18-32(6)25-12-8-7-10-21(20)25/h7-15,18-19,24H,16-17H2,1-6H3,(H,30,34)(H,31,35)/t24-/m0/s1. The smallest absolute Gasteiger partial charge is 0.408 e. The summed E-state index contributed by atoms with van der Waals surface area (Å²) in [6, 6.07) is 15.1. The third-order valence-electron chi connectivity index (χ3n) is 6.04. The fourth-order valence-corrected chi connectivity index (χ4v) is 4.57. The molecule has 0 aliphatic carbocycles. The molecule has 190 valence electrons. The molecule has 0 saturated heterocycles. The summed E-state index contributed by atoms with van der Waals surface area (Å²) in [5.74, 6) is 0.208. The van der Waals surface area contributed by atoms with Gasteiger partial charge in [-0.1, -0.05) is 38.1 Å². The van der Waals surface area contributed by atoms with Gasteiger partial charge in [-0.3, -0.25) is 4.79 Å². The summed E-state index contributed by atoms with van der Waals surface area (Å²) in [6.45, 7) is 10.7. The Kier molecular flexibility index (Phi) is 7.11. The van der Waals surface area contributed by atoms with Gasteiger partial charge < -0.3 is 24.5 Å². The molecule has 0 radical (unpaired) electrons. The van der Waals surface area contributed by atoms with Crippen molar-refractivity contribution in [3.63, 3.8) is 0 Å². The number of amides is 2. The highest BCUT2D eigenvalue weighted by atomic mass is 16.6. The van der Waals surface area contributed by atoms with E-state index >= 15 is 0 Å². The van der Waals surface area contributed by atoms with Gasteiger partial charge in [-0.2, -0.15) is 0 Å². The number of carbonyl (C=O) groups is 2. The van der Waals surface area contributed by atoms with Gasteiger partial charge in [0.2, 0.25) is 5.91 Å². The van der Waals surface area contributed by atoms with Crippen LogP contribution in [-0.2, 0) is 29.5 Å². The number of rotatable bonds is 7. The summed E-state index contributed by atoms with van der Waals surface area (Å²) in [5.41, 5.74) is 3.15. The monoisotopic (exact) mass is 488 g/mol. The van der Waals surface area contributed by atoms with Crippen LogP contribution in [0.25, 0.3) is 21.8 Å². The molecule has 4 rings (SSSR count). The van der Waals surface area contributed by atoms with Gasteiger partial charge in [0.05, 0.1) is 11.2 Å². The molecule has 2 aromatic heterocycles. The van der Waals surface area contributed by atoms with E-state index in [1.54, 1.807) is 20.8 Å². The Balaban J connectivity index is 1.63. The number of ether oxygens (including phenoxy) is 1. The number of aryl methyl sites for hydroxylation is 1. The molecule has 0 bridgehead atoms. The van der Waals surface area contributed by atoms with Crippen LogP contribution in [-0.4, -0.2) is 32.8 Å². The lowest BCUT2D eigenvalue weighted by Gasteiger charge is -2.23. The van der Waals surface area contributed by atoms with Gasteiger partial charge in [0, 0.05) is 48.7 Å². The average Bonchev–Trinajstić information content (AvgIpc) is 3.33. The fraction of sp³-hybridized carbons (Fsp3) is 0.379. The van der Waals surface area contributed by atoms with E-state index in [2.05, 4.69) is 35.1 Å². The molecule has 2 N–H and O–H groups in total. The lowest BCUT2D eigenvalue weighted by molar-refractivity contribution is -0.118. The number of nitrogens with one attached hydrogen (secondary N) is 2. The van der Waals surface area contributed by atoms with Crippen molar-refractivity contribution in [3.05, 3.63) is 66.5 Å². The molecular formula is C29H36N4O3. The van der Waals surface area contributed by atoms with Crippen LogP contribution >= 0.6 is 0 Å². The second kappa shape index (κ2) is 10.1. The average molecular weight is 489 g/mol. The van der Waals surface area contributed by atoms with Crippen LogP contribution in [0.2, 0.25) is 0 Å². The van der Waals surface area contributed by atoms with Crippen LogP contribution in [0.5, 0.6) is 0 Å². The number of fused-ring (bicyclic) bond motifs is 2. The molecule has 0 saturated carbocycles. The van der Waals surface area contributed by atoms with E-state index in [0.717, 1.165) is 33.9 Å². The van der Waals surface area contributed by atoms with Gasteiger partial charge >= 0.3 is 6.09 Å². The highest BCUT2D eigenvalue weighted by Crippen LogP contribution is 2.26. The Morgan fingerprint density at radius 3 is 2.42 bits per heavy atom. The molecule has 0 fully saturated rings. The first-order chi connectivity index (χ1) is 17.0. The van der Waals surface area contributed by atoms with Crippen molar-refractivity contribution in [1.82, 2.24) is 14.5 Å². The minimum Gasteiger partial charge on any atom is -0.444 e. The van der Waals surface area contributed by atoms with Gasteiger partial charge in [0.1, 0.15) is 11.6 Å². The Morgan fingerprint density at radius 1 is 0.972 bits per heavy atom. The molecule has 7 heteroatoms. The van der Waals surface area contributed by atoms with Gasteiger partial charge in [0.15, 0.2) is 0 Å². The maximum atomic E-state index is 13.6. The van der Waals surface area contributed by atoms with Crippen molar-refractivity contribution in [2.24, 2.45) is 13.0 Å². The largest absolute Gasteiger partial charge is 0.444 e. The number of hydrogen-bond acceptors (Lipinski definition) is 3. The van der Waals surface area contributed by atoms with Crippen LogP contribution < -0.4 is 10.6 Å². The number of hydrogen-bond donors (Lipinski definition) is 2. The molecule has 1 atom stereocenters. The fourth-order valence-electron chi connectivity index (χ4n) is 4.57. The van der Waals surface area contributed by atoms with Gasteiger partial charge in [0.25, 0.3) is 0 Å². The zero-order valence-electron chi connectivity index (χ0n) is 22.0. The normalized spacial score (nSPS) is 12.8. The van der Waals surface area contributed by atoms with E-state index in [4.69, 9.17) is 4.74 Å². The second-order valence-corrected chi connectivity index (χ2v) is 10.8. The minimum atomic E-state index is -0.821. The van der Waals surface area contributed by atoms with Crippen LogP contribution in [0.4, 0.5) is 10.5 Å². The van der Waals surface area contributed by atoms with Crippen LogP contribution in [0.3, 0.4) is 0 Å². The van der Waals surface area contributed by atoms with Crippen molar-refractivity contribution in [1.29, 1.82) is 0 Å². The number of para-hydroxylation sites is 1. The Bertz CT molecular complexity index is 1390. The minimum absolute atomic E-state index is 0.294. The summed E-state index contributed by atoms with van der Waals surface area (Å²) < 4.78 is 9.70. The first-order valence-electron chi connectivity index (χ1n) is 12.4. The predicted molar refractivity (Wildman–Crippen MR) is 145 cm³/mol. The molecule has 0 unspecified atom stereocenters. The topological polar surface area (TPSA) is 77.3 Å². The number of benzene rings is 2. The van der Waals surface area contributed by atoms with E-state index < -0.39 is 17.7 Å². The maximum Gasteiger partial charge on any atom is 0.408 e. The second-order valence-electron chi connectivity index (χ2n) is 10.8. The Labute approximate surface area is 212 Å². The summed E-state index contributed by atoms with van der Waals surface area (Å²) in [7, 11) is 1.98. The molecule has 0 aliphatic rings. The molecule has 2 amide bonds. The van der Waals surface area contributed by atoms with Crippen molar-refractivity contribution in [2.75, 3.05) is 5.32 Å². The van der Waals surface area contributed by atoms with E-state index in [1.807, 2.05) is 66.5 Å². The van der Waals surface area contributed by atoms with Crippen LogP contribution in [0.15, 0.2) is 60.9 Å². The third-order valence-corrected chi connectivity index (χ3v) is 6.04. The number of carbonyl (C=O) groups excluding carboxylic acids is 2. The summed E-state index contributed by atoms with van der Waals surface area (Å²) in [5, 5.41) is 7.89. The van der Waals surface area contributed by atoms with E-state index in [-0.39, 0.29) is 5.91 Å². The van der Waals surface area contributed by atoms with Crippen LogP contribution in [0.1, 0.15) is 40.2 Å². The lowest BCUT2D eigenvalue weighted by atomic mass is 10.0. The predicted octanol–water partition coefficient (Wildman–Crippen LogP) is 5.86. The molecular weight excluding hydrogens is 452 g/mol. The van der Waals surface area contributed by atoms with Crippen LogP contribution in [0, 0.1) is 5.92 Å². The Morgan fingerprint density at radius 2 is 1.69 bits per heavy atom. The Hall–Kier alpha value is -3.74.